The third-order valence-electron chi connectivity index (χ3n) is 2.23. The van der Waals surface area contributed by atoms with Gasteiger partial charge in [-0.25, -0.2) is 0 Å². The maximum absolute atomic E-state index is 8.75. The fraction of sp³-hybridized carbons (Fsp3) is 0.444. The summed E-state index contributed by atoms with van der Waals surface area (Å²) < 4.78 is 0. The molecule has 2 rings (SSSR count). The minimum absolute atomic E-state index is 0.864. The summed E-state index contributed by atoms with van der Waals surface area (Å²) in [4.78, 5) is 0. The number of thioether (sulfide) groups is 1. The Morgan fingerprint density at radius 2 is 2.33 bits per heavy atom. The summed E-state index contributed by atoms with van der Waals surface area (Å²) >= 11 is 1.81. The molecule has 1 aliphatic carbocycles. The molecule has 2 nitrogen and oxygen atoms in total. The van der Waals surface area contributed by atoms with Gasteiger partial charge in [0.2, 0.25) is 0 Å². The van der Waals surface area contributed by atoms with Gasteiger partial charge in [0.05, 0.1) is 5.71 Å². The van der Waals surface area contributed by atoms with Crippen molar-refractivity contribution in [3.8, 4) is 0 Å². The van der Waals surface area contributed by atoms with Crippen molar-refractivity contribution < 1.29 is 5.21 Å². The summed E-state index contributed by atoms with van der Waals surface area (Å²) in [7, 11) is 0. The molecule has 0 aromatic rings. The van der Waals surface area contributed by atoms with Gasteiger partial charge in [0.1, 0.15) is 0 Å². The van der Waals surface area contributed by atoms with E-state index in [-0.39, 0.29) is 0 Å². The van der Waals surface area contributed by atoms with E-state index in [1.165, 1.54) is 11.1 Å². The van der Waals surface area contributed by atoms with Crippen LogP contribution in [-0.4, -0.2) is 22.4 Å². The van der Waals surface area contributed by atoms with Crippen LogP contribution < -0.4 is 0 Å². The smallest absolute Gasteiger partial charge is 0.0929 e. The molecule has 1 heterocycles. The molecule has 0 saturated heterocycles. The normalized spacial score (nSPS) is 26.2. The van der Waals surface area contributed by atoms with Gasteiger partial charge in [-0.1, -0.05) is 17.3 Å². The number of nitrogens with zero attached hydrogens (tertiary/aromatic N) is 1. The van der Waals surface area contributed by atoms with Crippen molar-refractivity contribution in [1.82, 2.24) is 0 Å². The molecule has 0 bridgehead atoms. The Balaban J connectivity index is 2.37. The molecule has 0 amide bonds. The highest BCUT2D eigenvalue weighted by Gasteiger charge is 2.19. The van der Waals surface area contributed by atoms with E-state index in [2.05, 4.69) is 17.3 Å². The second kappa shape index (κ2) is 3.35. The molecule has 0 radical (unpaired) electrons. The highest BCUT2D eigenvalue weighted by molar-refractivity contribution is 8.00. The SMILES string of the molecule is O/N=C1\CSCC2=C1CCC=C2. The monoisotopic (exact) mass is 181 g/mol. The number of oxime groups is 1. The van der Waals surface area contributed by atoms with Crippen molar-refractivity contribution in [2.45, 2.75) is 12.8 Å². The molecule has 0 fully saturated rings. The van der Waals surface area contributed by atoms with E-state index < -0.39 is 0 Å². The predicted molar refractivity (Wildman–Crippen MR) is 51.9 cm³/mol. The zero-order chi connectivity index (χ0) is 8.39. The van der Waals surface area contributed by atoms with Crippen molar-refractivity contribution in [2.75, 3.05) is 11.5 Å². The van der Waals surface area contributed by atoms with Crippen LogP contribution in [0.1, 0.15) is 12.8 Å². The Labute approximate surface area is 76.0 Å². The molecule has 0 spiro atoms. The minimum Gasteiger partial charge on any atom is -0.411 e. The van der Waals surface area contributed by atoms with Crippen LogP contribution in [0, 0.1) is 0 Å². The van der Waals surface area contributed by atoms with E-state index in [4.69, 9.17) is 5.21 Å². The van der Waals surface area contributed by atoms with Gasteiger partial charge in [-0.05, 0) is 24.0 Å². The van der Waals surface area contributed by atoms with Gasteiger partial charge in [-0.2, -0.15) is 11.8 Å². The minimum atomic E-state index is 0.864. The standard InChI is InChI=1S/C9H11NOS/c11-10-9-6-12-5-7-3-1-2-4-8(7)9/h1,3,11H,2,4-6H2/b10-9+. The first-order chi connectivity index (χ1) is 5.92. The van der Waals surface area contributed by atoms with Crippen LogP contribution in [0.4, 0.5) is 0 Å². The lowest BCUT2D eigenvalue weighted by molar-refractivity contribution is 0.319. The quantitative estimate of drug-likeness (QED) is 0.459. The second-order valence-corrected chi connectivity index (χ2v) is 3.97. The van der Waals surface area contributed by atoms with Crippen LogP contribution >= 0.6 is 11.8 Å². The molecule has 64 valence electrons. The molecule has 0 unspecified atom stereocenters. The summed E-state index contributed by atoms with van der Waals surface area (Å²) in [5, 5.41) is 12.1. The Morgan fingerprint density at radius 3 is 3.17 bits per heavy atom. The first-order valence-corrected chi connectivity index (χ1v) is 5.25. The van der Waals surface area contributed by atoms with Crippen molar-refractivity contribution in [1.29, 1.82) is 0 Å². The maximum atomic E-state index is 8.75. The molecule has 3 heteroatoms. The fourth-order valence-corrected chi connectivity index (χ4v) is 2.63. The third kappa shape index (κ3) is 1.29. The Kier molecular flexibility index (Phi) is 2.21. The number of hydrogen-bond acceptors (Lipinski definition) is 3. The Hall–Kier alpha value is -0.700. The molecule has 0 saturated carbocycles. The molecule has 0 atom stereocenters. The highest BCUT2D eigenvalue weighted by Crippen LogP contribution is 2.28. The fourth-order valence-electron chi connectivity index (χ4n) is 1.61. The first-order valence-electron chi connectivity index (χ1n) is 4.09. The van der Waals surface area contributed by atoms with E-state index in [1.807, 2.05) is 11.8 Å². The van der Waals surface area contributed by atoms with Crippen molar-refractivity contribution in [2.24, 2.45) is 5.16 Å². The van der Waals surface area contributed by atoms with Crippen molar-refractivity contribution in [3.63, 3.8) is 0 Å². The summed E-state index contributed by atoms with van der Waals surface area (Å²) in [5.74, 6) is 1.94. The topological polar surface area (TPSA) is 32.6 Å². The summed E-state index contributed by atoms with van der Waals surface area (Å²) in [6.07, 6.45) is 6.49. The zero-order valence-corrected chi connectivity index (χ0v) is 7.60. The summed E-state index contributed by atoms with van der Waals surface area (Å²) in [6.45, 7) is 0. The van der Waals surface area contributed by atoms with Gasteiger partial charge in [-0.15, -0.1) is 0 Å². The van der Waals surface area contributed by atoms with Gasteiger partial charge in [0.15, 0.2) is 0 Å². The second-order valence-electron chi connectivity index (χ2n) is 2.98. The molecule has 2 aliphatic rings. The van der Waals surface area contributed by atoms with Gasteiger partial charge in [-0.3, -0.25) is 0 Å². The average molecular weight is 181 g/mol. The molecule has 0 aromatic heterocycles. The molecule has 1 aliphatic heterocycles. The lowest BCUT2D eigenvalue weighted by Gasteiger charge is -2.21. The predicted octanol–water partition coefficient (Wildman–Crippen LogP) is 2.21. The number of allylic oxidation sites excluding steroid dienone is 3. The zero-order valence-electron chi connectivity index (χ0n) is 6.79. The molecule has 0 aromatic carbocycles. The lowest BCUT2D eigenvalue weighted by atomic mass is 9.95. The van der Waals surface area contributed by atoms with Crippen LogP contribution in [0.3, 0.4) is 0 Å². The van der Waals surface area contributed by atoms with Crippen LogP contribution in [0.15, 0.2) is 28.5 Å². The van der Waals surface area contributed by atoms with Gasteiger partial charge >= 0.3 is 0 Å². The van der Waals surface area contributed by atoms with Crippen molar-refractivity contribution in [3.05, 3.63) is 23.3 Å². The van der Waals surface area contributed by atoms with Gasteiger partial charge in [0, 0.05) is 11.5 Å². The lowest BCUT2D eigenvalue weighted by Crippen LogP contribution is -2.16. The van der Waals surface area contributed by atoms with Gasteiger partial charge in [0.25, 0.3) is 0 Å². The highest BCUT2D eigenvalue weighted by atomic mass is 32.2. The molecular weight excluding hydrogens is 170 g/mol. The largest absolute Gasteiger partial charge is 0.411 e. The maximum Gasteiger partial charge on any atom is 0.0929 e. The average Bonchev–Trinajstić information content (AvgIpc) is 2.17. The third-order valence-corrected chi connectivity index (χ3v) is 3.23. The van der Waals surface area contributed by atoms with Crippen LogP contribution in [0.5, 0.6) is 0 Å². The molecule has 12 heavy (non-hydrogen) atoms. The summed E-state index contributed by atoms with van der Waals surface area (Å²) in [6, 6.07) is 0. The van der Waals surface area contributed by atoms with E-state index in [0.29, 0.717) is 0 Å². The molecule has 1 N–H and O–H groups in total. The van der Waals surface area contributed by atoms with Gasteiger partial charge < -0.3 is 5.21 Å². The first kappa shape index (κ1) is 7.92. The van der Waals surface area contributed by atoms with Crippen LogP contribution in [0.2, 0.25) is 0 Å². The van der Waals surface area contributed by atoms with Crippen molar-refractivity contribution >= 4 is 17.5 Å². The number of rotatable bonds is 0. The van der Waals surface area contributed by atoms with Crippen LogP contribution in [0.25, 0.3) is 0 Å². The van der Waals surface area contributed by atoms with E-state index in [0.717, 1.165) is 30.1 Å². The van der Waals surface area contributed by atoms with E-state index in [9.17, 15) is 0 Å². The number of hydrogen-bond donors (Lipinski definition) is 1. The van der Waals surface area contributed by atoms with E-state index >= 15 is 0 Å². The van der Waals surface area contributed by atoms with Crippen LogP contribution in [-0.2, 0) is 0 Å². The Bertz CT molecular complexity index is 278. The van der Waals surface area contributed by atoms with E-state index in [1.54, 1.807) is 0 Å². The Morgan fingerprint density at radius 1 is 1.42 bits per heavy atom. The summed E-state index contributed by atoms with van der Waals surface area (Å²) in [5.41, 5.74) is 3.51. The molecular formula is C9H11NOS.